The van der Waals surface area contributed by atoms with Crippen molar-refractivity contribution in [3.8, 4) is 0 Å². The average Bonchev–Trinajstić information content (AvgIpc) is 2.77. The van der Waals surface area contributed by atoms with Gasteiger partial charge in [0.2, 0.25) is 0 Å². The molecule has 0 aromatic carbocycles. The van der Waals surface area contributed by atoms with Gasteiger partial charge >= 0.3 is 0 Å². The van der Waals surface area contributed by atoms with Gasteiger partial charge in [-0.05, 0) is 27.7 Å². The molecule has 0 spiro atoms. The van der Waals surface area contributed by atoms with Gasteiger partial charge in [0.25, 0.3) is 0 Å². The van der Waals surface area contributed by atoms with Gasteiger partial charge in [-0.2, -0.15) is 0 Å². The highest BCUT2D eigenvalue weighted by Gasteiger charge is 2.51. The lowest BCUT2D eigenvalue weighted by atomic mass is 10.0. The second-order valence-electron chi connectivity index (χ2n) is 5.68. The summed E-state index contributed by atoms with van der Waals surface area (Å²) in [4.78, 5) is 0. The molecule has 4 atom stereocenters. The lowest BCUT2D eigenvalue weighted by Crippen LogP contribution is -2.45. The molecule has 0 amide bonds. The van der Waals surface area contributed by atoms with Gasteiger partial charge in [0.15, 0.2) is 11.6 Å². The van der Waals surface area contributed by atoms with Crippen molar-refractivity contribution in [1.82, 2.24) is 0 Å². The number of hydrogen-bond donors (Lipinski definition) is 2. The van der Waals surface area contributed by atoms with E-state index in [-0.39, 0.29) is 12.7 Å². The Balaban J connectivity index is 2.10. The monoisotopic (exact) mass is 262 g/mol. The van der Waals surface area contributed by atoms with Crippen LogP contribution in [0.3, 0.4) is 0 Å². The average molecular weight is 262 g/mol. The van der Waals surface area contributed by atoms with Crippen LogP contribution in [0.2, 0.25) is 0 Å². The molecule has 0 aliphatic carbocycles. The summed E-state index contributed by atoms with van der Waals surface area (Å²) >= 11 is 0. The Labute approximate surface area is 107 Å². The molecule has 2 aliphatic rings. The van der Waals surface area contributed by atoms with Crippen LogP contribution in [0.25, 0.3) is 0 Å². The van der Waals surface area contributed by atoms with Crippen LogP contribution in [0, 0.1) is 0 Å². The number of hydrogen-bond acceptors (Lipinski definition) is 6. The standard InChI is InChI=1S/C12H22O6/c1-11(2)15-6-8(16-11)10-9(7(14)5-13)17-12(3,4)18-10/h7-10,13-14H,5-6H2,1-4H3/t7-,8-,9-,10-/m1/s1. The summed E-state index contributed by atoms with van der Waals surface area (Å²) in [5.41, 5.74) is 0. The first-order chi connectivity index (χ1) is 8.24. The Morgan fingerprint density at radius 1 is 1.11 bits per heavy atom. The molecule has 0 aromatic heterocycles. The molecule has 2 rings (SSSR count). The van der Waals surface area contributed by atoms with Gasteiger partial charge in [-0.25, -0.2) is 0 Å². The van der Waals surface area contributed by atoms with E-state index in [9.17, 15) is 5.11 Å². The van der Waals surface area contributed by atoms with E-state index in [0.717, 1.165) is 0 Å². The summed E-state index contributed by atoms with van der Waals surface area (Å²) in [5, 5.41) is 18.9. The topological polar surface area (TPSA) is 77.4 Å². The van der Waals surface area contributed by atoms with Crippen LogP contribution in [-0.2, 0) is 18.9 Å². The van der Waals surface area contributed by atoms with E-state index in [4.69, 9.17) is 24.1 Å². The number of rotatable bonds is 3. The smallest absolute Gasteiger partial charge is 0.164 e. The fraction of sp³-hybridized carbons (Fsp3) is 1.00. The maximum atomic E-state index is 9.80. The third kappa shape index (κ3) is 2.84. The molecule has 2 saturated heterocycles. The second-order valence-corrected chi connectivity index (χ2v) is 5.68. The van der Waals surface area contributed by atoms with Gasteiger partial charge in [-0.3, -0.25) is 0 Å². The zero-order valence-electron chi connectivity index (χ0n) is 11.3. The molecule has 2 N–H and O–H groups in total. The molecule has 0 saturated carbocycles. The summed E-state index contributed by atoms with van der Waals surface area (Å²) < 4.78 is 22.6. The summed E-state index contributed by atoms with van der Waals surface area (Å²) in [6.45, 7) is 7.19. The minimum absolute atomic E-state index is 0.312. The Morgan fingerprint density at radius 3 is 2.28 bits per heavy atom. The number of ether oxygens (including phenoxy) is 4. The van der Waals surface area contributed by atoms with Gasteiger partial charge in [0.1, 0.15) is 24.4 Å². The summed E-state index contributed by atoms with van der Waals surface area (Å²) in [6.07, 6.45) is -2.38. The van der Waals surface area contributed by atoms with Crippen molar-refractivity contribution in [3.05, 3.63) is 0 Å². The molecule has 2 aliphatic heterocycles. The van der Waals surface area contributed by atoms with Gasteiger partial charge in [-0.1, -0.05) is 0 Å². The molecule has 6 nitrogen and oxygen atoms in total. The quantitative estimate of drug-likeness (QED) is 0.746. The highest BCUT2D eigenvalue weighted by molar-refractivity contribution is 4.93. The summed E-state index contributed by atoms with van der Waals surface area (Å²) in [5.74, 6) is -1.46. The SMILES string of the molecule is CC1(C)O[C@H]([C@H](O)CO)[C@@H]([C@H]2COC(C)(C)O2)O1. The van der Waals surface area contributed by atoms with Gasteiger partial charge in [0.05, 0.1) is 13.2 Å². The van der Waals surface area contributed by atoms with Crippen LogP contribution in [0.15, 0.2) is 0 Å². The van der Waals surface area contributed by atoms with Crippen molar-refractivity contribution in [1.29, 1.82) is 0 Å². The zero-order valence-corrected chi connectivity index (χ0v) is 11.3. The van der Waals surface area contributed by atoms with E-state index >= 15 is 0 Å². The molecule has 0 aromatic rings. The van der Waals surface area contributed by atoms with Crippen molar-refractivity contribution in [2.45, 2.75) is 63.7 Å². The van der Waals surface area contributed by atoms with Crippen LogP contribution in [0.5, 0.6) is 0 Å². The summed E-state index contributed by atoms with van der Waals surface area (Å²) in [7, 11) is 0. The molecular weight excluding hydrogens is 240 g/mol. The lowest BCUT2D eigenvalue weighted by Gasteiger charge is -2.25. The molecule has 18 heavy (non-hydrogen) atoms. The minimum atomic E-state index is -0.996. The molecule has 0 unspecified atom stereocenters. The van der Waals surface area contributed by atoms with E-state index in [1.807, 2.05) is 13.8 Å². The molecule has 0 radical (unpaired) electrons. The van der Waals surface area contributed by atoms with Gasteiger partial charge in [0, 0.05) is 0 Å². The Bertz CT molecular complexity index is 303. The Kier molecular flexibility index (Phi) is 3.70. The van der Waals surface area contributed by atoms with Crippen molar-refractivity contribution in [2.24, 2.45) is 0 Å². The predicted octanol–water partition coefficient (Wildman–Crippen LogP) is 0.0112. The first-order valence-corrected chi connectivity index (χ1v) is 6.20. The molecule has 106 valence electrons. The highest BCUT2D eigenvalue weighted by Crippen LogP contribution is 2.36. The van der Waals surface area contributed by atoms with E-state index < -0.39 is 29.9 Å². The maximum Gasteiger partial charge on any atom is 0.164 e. The van der Waals surface area contributed by atoms with Crippen LogP contribution in [-0.4, -0.2) is 59.4 Å². The van der Waals surface area contributed by atoms with Crippen LogP contribution >= 0.6 is 0 Å². The Hall–Kier alpha value is -0.240. The van der Waals surface area contributed by atoms with Crippen molar-refractivity contribution in [2.75, 3.05) is 13.2 Å². The van der Waals surface area contributed by atoms with Crippen molar-refractivity contribution >= 4 is 0 Å². The summed E-state index contributed by atoms with van der Waals surface area (Å²) in [6, 6.07) is 0. The van der Waals surface area contributed by atoms with Crippen molar-refractivity contribution < 1.29 is 29.2 Å². The first-order valence-electron chi connectivity index (χ1n) is 6.20. The first kappa shape index (κ1) is 14.2. The number of aliphatic hydroxyl groups excluding tert-OH is 2. The zero-order chi connectivity index (χ0) is 13.6. The largest absolute Gasteiger partial charge is 0.394 e. The molecule has 0 bridgehead atoms. The van der Waals surface area contributed by atoms with E-state index in [1.165, 1.54) is 0 Å². The van der Waals surface area contributed by atoms with Gasteiger partial charge in [-0.15, -0.1) is 0 Å². The van der Waals surface area contributed by atoms with Crippen LogP contribution in [0.1, 0.15) is 27.7 Å². The fourth-order valence-corrected chi connectivity index (χ4v) is 2.38. The van der Waals surface area contributed by atoms with Crippen molar-refractivity contribution in [3.63, 3.8) is 0 Å². The molecular formula is C12H22O6. The van der Waals surface area contributed by atoms with Crippen LogP contribution in [0.4, 0.5) is 0 Å². The van der Waals surface area contributed by atoms with E-state index in [0.29, 0.717) is 6.61 Å². The van der Waals surface area contributed by atoms with Crippen LogP contribution < -0.4 is 0 Å². The predicted molar refractivity (Wildman–Crippen MR) is 61.8 cm³/mol. The van der Waals surface area contributed by atoms with E-state index in [1.54, 1.807) is 13.8 Å². The second kappa shape index (κ2) is 4.70. The normalized spacial score (nSPS) is 40.0. The maximum absolute atomic E-state index is 9.80. The minimum Gasteiger partial charge on any atom is -0.394 e. The number of aliphatic hydroxyl groups is 2. The fourth-order valence-electron chi connectivity index (χ4n) is 2.38. The van der Waals surface area contributed by atoms with Gasteiger partial charge < -0.3 is 29.2 Å². The molecule has 6 heteroatoms. The molecule has 2 heterocycles. The lowest BCUT2D eigenvalue weighted by molar-refractivity contribution is -0.175. The third-order valence-corrected chi connectivity index (χ3v) is 3.13. The molecule has 2 fully saturated rings. The highest BCUT2D eigenvalue weighted by atomic mass is 16.8. The third-order valence-electron chi connectivity index (χ3n) is 3.13. The van der Waals surface area contributed by atoms with E-state index in [2.05, 4.69) is 0 Å². The Morgan fingerprint density at radius 2 is 1.78 bits per heavy atom.